The maximum absolute atomic E-state index is 12.5. The number of methoxy groups -OCH3 is 1. The van der Waals surface area contributed by atoms with Crippen molar-refractivity contribution in [3.8, 4) is 5.75 Å². The van der Waals surface area contributed by atoms with E-state index in [9.17, 15) is 9.59 Å². The number of carbonyl (C=O) groups excluding carboxylic acids is 2. The normalized spacial score (nSPS) is 16.5. The first kappa shape index (κ1) is 16.9. The van der Waals surface area contributed by atoms with Crippen molar-refractivity contribution < 1.29 is 18.7 Å². The fourth-order valence-corrected chi connectivity index (χ4v) is 2.86. The molecule has 1 aliphatic heterocycles. The quantitative estimate of drug-likeness (QED) is 0.874. The molecule has 1 aromatic heterocycles. The van der Waals surface area contributed by atoms with Gasteiger partial charge >= 0.3 is 6.03 Å². The Morgan fingerprint density at radius 2 is 2.08 bits per heavy atom. The van der Waals surface area contributed by atoms with Crippen LogP contribution < -0.4 is 15.4 Å². The Kier molecular flexibility index (Phi) is 5.23. The number of nitrogens with one attached hydrogen (secondary N) is 2. The van der Waals surface area contributed by atoms with Gasteiger partial charge in [0.2, 0.25) is 5.91 Å². The summed E-state index contributed by atoms with van der Waals surface area (Å²) in [7, 11) is 1.59. The van der Waals surface area contributed by atoms with Gasteiger partial charge in [-0.3, -0.25) is 4.79 Å². The molecule has 7 nitrogen and oxygen atoms in total. The van der Waals surface area contributed by atoms with Crippen molar-refractivity contribution >= 4 is 17.6 Å². The zero-order valence-electron chi connectivity index (χ0n) is 14.0. The Morgan fingerprint density at radius 1 is 1.28 bits per heavy atom. The molecule has 0 saturated carbocycles. The first-order valence-corrected chi connectivity index (χ1v) is 8.19. The highest BCUT2D eigenvalue weighted by molar-refractivity contribution is 5.94. The predicted octanol–water partition coefficient (Wildman–Crippen LogP) is 2.60. The third-order valence-electron chi connectivity index (χ3n) is 4.17. The van der Waals surface area contributed by atoms with Crippen LogP contribution in [0.3, 0.4) is 0 Å². The van der Waals surface area contributed by atoms with Crippen molar-refractivity contribution in [2.75, 3.05) is 19.0 Å². The van der Waals surface area contributed by atoms with E-state index in [1.54, 1.807) is 54.7 Å². The summed E-state index contributed by atoms with van der Waals surface area (Å²) in [5, 5.41) is 5.64. The van der Waals surface area contributed by atoms with Crippen molar-refractivity contribution in [3.05, 3.63) is 48.4 Å². The summed E-state index contributed by atoms with van der Waals surface area (Å²) in [4.78, 5) is 26.5. The number of furan rings is 1. The van der Waals surface area contributed by atoms with E-state index in [4.69, 9.17) is 9.15 Å². The minimum atomic E-state index is -0.465. The average molecular weight is 343 g/mol. The number of likely N-dealkylation sites (tertiary alicyclic amines) is 1. The number of anilines is 1. The highest BCUT2D eigenvalue weighted by Gasteiger charge is 2.34. The summed E-state index contributed by atoms with van der Waals surface area (Å²) in [6, 6.07) is 9.89. The van der Waals surface area contributed by atoms with Crippen LogP contribution in [0.25, 0.3) is 0 Å². The number of amides is 3. The van der Waals surface area contributed by atoms with Crippen LogP contribution >= 0.6 is 0 Å². The van der Waals surface area contributed by atoms with Gasteiger partial charge in [-0.1, -0.05) is 0 Å². The van der Waals surface area contributed by atoms with Crippen LogP contribution in [0.5, 0.6) is 5.75 Å². The number of ether oxygens (including phenoxy) is 1. The van der Waals surface area contributed by atoms with Crippen LogP contribution in [-0.2, 0) is 11.3 Å². The first-order chi connectivity index (χ1) is 12.2. The van der Waals surface area contributed by atoms with Crippen molar-refractivity contribution in [2.24, 2.45) is 0 Å². The third kappa shape index (κ3) is 4.12. The lowest BCUT2D eigenvalue weighted by Crippen LogP contribution is -2.47. The molecule has 2 heterocycles. The van der Waals surface area contributed by atoms with Crippen molar-refractivity contribution in [2.45, 2.75) is 25.4 Å². The number of benzene rings is 1. The standard InChI is InChI=1S/C18H21N3O4/c1-24-14-8-6-13(7-9-14)20-18(23)21-10-2-5-16(21)17(22)19-12-15-4-3-11-25-15/h3-4,6-9,11,16H,2,5,10,12H2,1H3,(H,19,22)(H,20,23). The lowest BCUT2D eigenvalue weighted by atomic mass is 10.2. The van der Waals surface area contributed by atoms with Gasteiger partial charge in [0, 0.05) is 12.2 Å². The molecule has 1 aliphatic rings. The second-order valence-electron chi connectivity index (χ2n) is 5.81. The Morgan fingerprint density at radius 3 is 2.76 bits per heavy atom. The molecule has 0 aliphatic carbocycles. The van der Waals surface area contributed by atoms with E-state index < -0.39 is 6.04 Å². The minimum absolute atomic E-state index is 0.168. The average Bonchev–Trinajstić information content (AvgIpc) is 3.32. The van der Waals surface area contributed by atoms with Gasteiger partial charge in [0.05, 0.1) is 19.9 Å². The van der Waals surface area contributed by atoms with Gasteiger partial charge in [0.1, 0.15) is 17.6 Å². The topological polar surface area (TPSA) is 83.8 Å². The summed E-state index contributed by atoms with van der Waals surface area (Å²) in [6.45, 7) is 0.872. The summed E-state index contributed by atoms with van der Waals surface area (Å²) >= 11 is 0. The summed E-state index contributed by atoms with van der Waals surface area (Å²) in [6.07, 6.45) is 3.01. The Labute approximate surface area is 145 Å². The van der Waals surface area contributed by atoms with Gasteiger partial charge < -0.3 is 24.7 Å². The highest BCUT2D eigenvalue weighted by Crippen LogP contribution is 2.20. The molecule has 25 heavy (non-hydrogen) atoms. The highest BCUT2D eigenvalue weighted by atomic mass is 16.5. The molecule has 1 aromatic carbocycles. The molecule has 3 amide bonds. The monoisotopic (exact) mass is 343 g/mol. The zero-order chi connectivity index (χ0) is 17.6. The first-order valence-electron chi connectivity index (χ1n) is 8.19. The van der Waals surface area contributed by atoms with Crippen LogP contribution in [0.2, 0.25) is 0 Å². The van der Waals surface area contributed by atoms with E-state index in [1.165, 1.54) is 0 Å². The Bertz CT molecular complexity index is 712. The molecule has 2 aromatic rings. The summed E-state index contributed by atoms with van der Waals surface area (Å²) in [5.41, 5.74) is 0.660. The van der Waals surface area contributed by atoms with Crippen molar-refractivity contribution in [1.82, 2.24) is 10.2 Å². The van der Waals surface area contributed by atoms with E-state index in [0.717, 1.165) is 6.42 Å². The molecule has 0 radical (unpaired) electrons. The lowest BCUT2D eigenvalue weighted by Gasteiger charge is -2.24. The number of rotatable bonds is 5. The molecular weight excluding hydrogens is 322 g/mol. The molecule has 0 spiro atoms. The van der Waals surface area contributed by atoms with Gasteiger partial charge in [0.25, 0.3) is 0 Å². The van der Waals surface area contributed by atoms with Gasteiger partial charge in [-0.25, -0.2) is 4.79 Å². The molecule has 2 N–H and O–H groups in total. The number of hydrogen-bond donors (Lipinski definition) is 2. The van der Waals surface area contributed by atoms with Crippen molar-refractivity contribution in [3.63, 3.8) is 0 Å². The molecule has 1 fully saturated rings. The second-order valence-corrected chi connectivity index (χ2v) is 5.81. The molecule has 7 heteroatoms. The Balaban J connectivity index is 1.57. The molecular formula is C18H21N3O4. The van der Waals surface area contributed by atoms with Crippen LogP contribution in [0.1, 0.15) is 18.6 Å². The fraction of sp³-hybridized carbons (Fsp3) is 0.333. The molecule has 0 bridgehead atoms. The largest absolute Gasteiger partial charge is 0.497 e. The number of hydrogen-bond acceptors (Lipinski definition) is 4. The summed E-state index contributed by atoms with van der Waals surface area (Å²) < 4.78 is 10.3. The molecule has 1 unspecified atom stereocenters. The second kappa shape index (κ2) is 7.74. The lowest BCUT2D eigenvalue weighted by molar-refractivity contribution is -0.124. The van der Waals surface area contributed by atoms with E-state index >= 15 is 0 Å². The van der Waals surface area contributed by atoms with Crippen LogP contribution in [-0.4, -0.2) is 36.5 Å². The molecule has 3 rings (SSSR count). The molecule has 1 atom stereocenters. The number of carbonyl (C=O) groups is 2. The van der Waals surface area contributed by atoms with Gasteiger partial charge in [-0.15, -0.1) is 0 Å². The zero-order valence-corrected chi connectivity index (χ0v) is 14.0. The number of urea groups is 1. The van der Waals surface area contributed by atoms with E-state index in [1.807, 2.05) is 0 Å². The maximum atomic E-state index is 12.5. The van der Waals surface area contributed by atoms with E-state index in [0.29, 0.717) is 36.7 Å². The van der Waals surface area contributed by atoms with Gasteiger partial charge in [0.15, 0.2) is 0 Å². The Hall–Kier alpha value is -2.96. The minimum Gasteiger partial charge on any atom is -0.497 e. The SMILES string of the molecule is COc1ccc(NC(=O)N2CCCC2C(=O)NCc2ccco2)cc1. The van der Waals surface area contributed by atoms with E-state index in [-0.39, 0.29) is 11.9 Å². The smallest absolute Gasteiger partial charge is 0.322 e. The van der Waals surface area contributed by atoms with Crippen LogP contribution in [0, 0.1) is 0 Å². The predicted molar refractivity (Wildman–Crippen MR) is 92.3 cm³/mol. The van der Waals surface area contributed by atoms with Crippen LogP contribution in [0.15, 0.2) is 47.1 Å². The molecule has 132 valence electrons. The summed E-state index contributed by atoms with van der Waals surface area (Å²) in [5.74, 6) is 1.23. The fourth-order valence-electron chi connectivity index (χ4n) is 2.86. The van der Waals surface area contributed by atoms with Gasteiger partial charge in [-0.05, 0) is 49.2 Å². The van der Waals surface area contributed by atoms with E-state index in [2.05, 4.69) is 10.6 Å². The molecule has 1 saturated heterocycles. The third-order valence-corrected chi connectivity index (χ3v) is 4.17. The number of nitrogens with zero attached hydrogens (tertiary/aromatic N) is 1. The van der Waals surface area contributed by atoms with Gasteiger partial charge in [-0.2, -0.15) is 0 Å². The van der Waals surface area contributed by atoms with Crippen molar-refractivity contribution in [1.29, 1.82) is 0 Å². The maximum Gasteiger partial charge on any atom is 0.322 e. The van der Waals surface area contributed by atoms with Crippen LogP contribution in [0.4, 0.5) is 10.5 Å².